The molecule has 0 atom stereocenters. The van der Waals surface area contributed by atoms with Crippen molar-refractivity contribution in [2.45, 2.75) is 72.3 Å². The largest absolute Gasteiger partial charge is 0.381 e. The van der Waals surface area contributed by atoms with Crippen LogP contribution in [0.3, 0.4) is 0 Å². The fourth-order valence-electron chi connectivity index (χ4n) is 6.67. The van der Waals surface area contributed by atoms with Crippen molar-refractivity contribution in [3.05, 3.63) is 112 Å². The molecule has 11 heteroatoms. The van der Waals surface area contributed by atoms with E-state index < -0.39 is 0 Å². The standard InChI is InChI=1S/C42H50N8O3/c1-5-38-36(39(48-35-15-19-53-20-16-35)37-27-47-50(6-2)40(37)49-38)26-46-42(52)33-12-8-11-32(23-33)41(51)45-25-34-22-31(14-13-28(34)3)30-10-7-9-29(21-30)24-44-18-17-43-4/h7-14,18,21-23,27,35,43H,5-6,15-17,19-20,24-26H2,1-4H3,(H,45,51)(H,46,52)(H,48,49). The van der Waals surface area contributed by atoms with Crippen LogP contribution in [0.1, 0.15) is 75.4 Å². The minimum absolute atomic E-state index is 0.246. The normalized spacial score (nSPS) is 13.4. The SMILES string of the molecule is CCc1nc2c(cnn2CC)c(NC2CCOCC2)c1CNC(=O)c1cccc(C(=O)NCc2cc(-c3cccc(CN=CCNC)c3)ccc2C)c1. The first-order chi connectivity index (χ1) is 25.9. The van der Waals surface area contributed by atoms with Gasteiger partial charge in [-0.15, -0.1) is 0 Å². The summed E-state index contributed by atoms with van der Waals surface area (Å²) >= 11 is 0. The Bertz CT molecular complexity index is 2080. The summed E-state index contributed by atoms with van der Waals surface area (Å²) in [7, 11) is 1.90. The summed E-state index contributed by atoms with van der Waals surface area (Å²) in [5, 5.41) is 18.5. The van der Waals surface area contributed by atoms with Crippen LogP contribution in [0.5, 0.6) is 0 Å². The summed E-state index contributed by atoms with van der Waals surface area (Å²) in [6.07, 6.45) is 6.25. The third kappa shape index (κ3) is 9.16. The minimum Gasteiger partial charge on any atom is -0.381 e. The Morgan fingerprint density at radius 3 is 2.42 bits per heavy atom. The van der Waals surface area contributed by atoms with E-state index in [9.17, 15) is 9.59 Å². The molecule has 2 amide bonds. The second-order valence-electron chi connectivity index (χ2n) is 13.4. The van der Waals surface area contributed by atoms with E-state index in [2.05, 4.69) is 81.6 Å². The lowest BCUT2D eigenvalue weighted by molar-refractivity contribution is 0.0904. The zero-order chi connectivity index (χ0) is 37.2. The number of ether oxygens (including phenoxy) is 1. The van der Waals surface area contributed by atoms with Crippen LogP contribution < -0.4 is 21.3 Å². The molecule has 1 aliphatic heterocycles. The third-order valence-corrected chi connectivity index (χ3v) is 9.74. The van der Waals surface area contributed by atoms with E-state index in [0.717, 1.165) is 75.2 Å². The van der Waals surface area contributed by atoms with Gasteiger partial charge in [0.05, 0.1) is 23.8 Å². The molecule has 0 saturated carbocycles. The molecule has 0 spiro atoms. The van der Waals surface area contributed by atoms with E-state index in [0.29, 0.717) is 50.4 Å². The summed E-state index contributed by atoms with van der Waals surface area (Å²) < 4.78 is 7.51. The molecule has 1 saturated heterocycles. The van der Waals surface area contributed by atoms with E-state index in [1.165, 1.54) is 0 Å². The van der Waals surface area contributed by atoms with Gasteiger partial charge in [0.25, 0.3) is 11.8 Å². The van der Waals surface area contributed by atoms with E-state index in [1.54, 1.807) is 24.3 Å². The number of pyridine rings is 1. The van der Waals surface area contributed by atoms with Crippen LogP contribution >= 0.6 is 0 Å². The van der Waals surface area contributed by atoms with Crippen molar-refractivity contribution in [2.24, 2.45) is 4.99 Å². The number of nitrogens with zero attached hydrogens (tertiary/aromatic N) is 4. The number of fused-ring (bicyclic) bond motifs is 1. The highest BCUT2D eigenvalue weighted by molar-refractivity contribution is 6.00. The Morgan fingerprint density at radius 2 is 1.68 bits per heavy atom. The number of aryl methyl sites for hydroxylation is 3. The molecular formula is C42H50N8O3. The fourth-order valence-corrected chi connectivity index (χ4v) is 6.67. The van der Waals surface area contributed by atoms with Gasteiger partial charge in [0.2, 0.25) is 0 Å². The van der Waals surface area contributed by atoms with Gasteiger partial charge in [-0.2, -0.15) is 5.10 Å². The Kier molecular flexibility index (Phi) is 12.6. The molecule has 276 valence electrons. The van der Waals surface area contributed by atoms with Crippen LogP contribution in [0.2, 0.25) is 0 Å². The van der Waals surface area contributed by atoms with Crippen molar-refractivity contribution < 1.29 is 14.3 Å². The summed E-state index contributed by atoms with van der Waals surface area (Å²) in [4.78, 5) is 36.5. The molecule has 5 aromatic rings. The Labute approximate surface area is 311 Å². The molecule has 3 aromatic carbocycles. The minimum atomic E-state index is -0.262. The van der Waals surface area contributed by atoms with Crippen molar-refractivity contribution in [3.8, 4) is 11.1 Å². The van der Waals surface area contributed by atoms with E-state index in [1.807, 2.05) is 37.1 Å². The Morgan fingerprint density at radius 1 is 0.943 bits per heavy atom. The number of anilines is 1. The van der Waals surface area contributed by atoms with Crippen molar-refractivity contribution in [1.82, 2.24) is 30.7 Å². The van der Waals surface area contributed by atoms with Gasteiger partial charge in [-0.25, -0.2) is 9.67 Å². The molecule has 0 aliphatic carbocycles. The highest BCUT2D eigenvalue weighted by atomic mass is 16.5. The molecule has 3 heterocycles. The molecule has 0 radical (unpaired) electrons. The third-order valence-electron chi connectivity index (χ3n) is 9.74. The number of nitrogens with one attached hydrogen (secondary N) is 4. The number of amides is 2. The topological polar surface area (TPSA) is 135 Å². The van der Waals surface area contributed by atoms with Crippen LogP contribution in [0.15, 0.2) is 77.9 Å². The lowest BCUT2D eigenvalue weighted by Crippen LogP contribution is -2.30. The summed E-state index contributed by atoms with van der Waals surface area (Å²) in [6.45, 7) is 10.3. The molecule has 2 aromatic heterocycles. The van der Waals surface area contributed by atoms with Crippen LogP contribution in [0, 0.1) is 6.92 Å². The number of carbonyl (C=O) groups is 2. The number of rotatable bonds is 15. The Balaban J connectivity index is 1.14. The molecule has 53 heavy (non-hydrogen) atoms. The maximum absolute atomic E-state index is 13.6. The number of hydrogen-bond acceptors (Lipinski definition) is 8. The number of aliphatic imine (C=N–C) groups is 1. The number of carbonyl (C=O) groups excluding carboxylic acids is 2. The second kappa shape index (κ2) is 17.9. The van der Waals surface area contributed by atoms with E-state index in [4.69, 9.17) is 9.72 Å². The van der Waals surface area contributed by atoms with Gasteiger partial charge in [-0.3, -0.25) is 14.6 Å². The zero-order valence-electron chi connectivity index (χ0n) is 31.2. The molecule has 0 unspecified atom stereocenters. The highest BCUT2D eigenvalue weighted by Gasteiger charge is 2.22. The van der Waals surface area contributed by atoms with Crippen molar-refractivity contribution in [3.63, 3.8) is 0 Å². The summed E-state index contributed by atoms with van der Waals surface area (Å²) in [6, 6.07) is 21.8. The molecule has 11 nitrogen and oxygen atoms in total. The smallest absolute Gasteiger partial charge is 0.251 e. The first-order valence-corrected chi connectivity index (χ1v) is 18.6. The van der Waals surface area contributed by atoms with Crippen molar-refractivity contribution in [1.29, 1.82) is 0 Å². The maximum Gasteiger partial charge on any atom is 0.251 e. The van der Waals surface area contributed by atoms with Crippen LogP contribution in [0.25, 0.3) is 22.2 Å². The second-order valence-corrected chi connectivity index (χ2v) is 13.4. The predicted molar refractivity (Wildman–Crippen MR) is 212 cm³/mol. The molecular weight excluding hydrogens is 665 g/mol. The maximum atomic E-state index is 13.6. The first kappa shape index (κ1) is 37.4. The van der Waals surface area contributed by atoms with Gasteiger partial charge in [-0.1, -0.05) is 43.3 Å². The van der Waals surface area contributed by atoms with Gasteiger partial charge >= 0.3 is 0 Å². The van der Waals surface area contributed by atoms with E-state index in [-0.39, 0.29) is 24.4 Å². The molecule has 0 bridgehead atoms. The molecule has 4 N–H and O–H groups in total. The lowest BCUT2D eigenvalue weighted by Gasteiger charge is -2.26. The van der Waals surface area contributed by atoms with Gasteiger partial charge < -0.3 is 26.0 Å². The lowest BCUT2D eigenvalue weighted by atomic mass is 9.98. The van der Waals surface area contributed by atoms with Gasteiger partial charge in [0.15, 0.2) is 5.65 Å². The summed E-state index contributed by atoms with van der Waals surface area (Å²) in [5.74, 6) is -0.508. The van der Waals surface area contributed by atoms with Gasteiger partial charge in [0.1, 0.15) is 0 Å². The van der Waals surface area contributed by atoms with Crippen LogP contribution in [0.4, 0.5) is 5.69 Å². The summed E-state index contributed by atoms with van der Waals surface area (Å²) in [5.41, 5.74) is 9.92. The molecule has 1 aliphatic rings. The number of aromatic nitrogens is 3. The van der Waals surface area contributed by atoms with Crippen molar-refractivity contribution >= 4 is 34.7 Å². The first-order valence-electron chi connectivity index (χ1n) is 18.6. The molecule has 6 rings (SSSR count). The molecule has 1 fully saturated rings. The number of hydrogen-bond donors (Lipinski definition) is 4. The fraction of sp³-hybridized carbons (Fsp3) is 0.357. The zero-order valence-corrected chi connectivity index (χ0v) is 31.2. The van der Waals surface area contributed by atoms with Gasteiger partial charge in [0, 0.05) is 74.0 Å². The average molecular weight is 715 g/mol. The monoisotopic (exact) mass is 714 g/mol. The highest BCUT2D eigenvalue weighted by Crippen LogP contribution is 2.31. The van der Waals surface area contributed by atoms with E-state index >= 15 is 0 Å². The van der Waals surface area contributed by atoms with Crippen LogP contribution in [-0.2, 0) is 37.3 Å². The number of benzene rings is 3. The van der Waals surface area contributed by atoms with Gasteiger partial charge in [-0.05, 0) is 98.3 Å². The van der Waals surface area contributed by atoms with Crippen molar-refractivity contribution in [2.75, 3.05) is 32.1 Å². The predicted octanol–water partition coefficient (Wildman–Crippen LogP) is 6.23. The quantitative estimate of drug-likeness (QED) is 0.0945. The van der Waals surface area contributed by atoms with Crippen LogP contribution in [-0.4, -0.2) is 65.6 Å². The average Bonchev–Trinajstić information content (AvgIpc) is 3.62. The Hall–Kier alpha value is -5.39.